The molecule has 0 aromatic heterocycles. The molecular weight excluding hydrogens is 188 g/mol. The van der Waals surface area contributed by atoms with Crippen molar-refractivity contribution in [1.29, 1.82) is 0 Å². The van der Waals surface area contributed by atoms with E-state index >= 15 is 0 Å². The van der Waals surface area contributed by atoms with Crippen LogP contribution in [0.15, 0.2) is 0 Å². The fraction of sp³-hybridized carbons (Fsp3) is 1.00. The maximum absolute atomic E-state index is 10.7. The first-order valence-electron chi connectivity index (χ1n) is 6.41. The SMILES string of the molecule is [O]CC1CCN(CCN2CCCC2)CC1. The predicted molar refractivity (Wildman–Crippen MR) is 60.4 cm³/mol. The van der Waals surface area contributed by atoms with Gasteiger partial charge in [0.1, 0.15) is 0 Å². The van der Waals surface area contributed by atoms with Crippen molar-refractivity contribution in [3.63, 3.8) is 0 Å². The molecule has 2 rings (SSSR count). The molecule has 0 aromatic rings. The second kappa shape index (κ2) is 5.83. The quantitative estimate of drug-likeness (QED) is 0.699. The number of rotatable bonds is 4. The first-order chi connectivity index (χ1) is 7.38. The molecule has 2 aliphatic heterocycles. The molecule has 0 aromatic carbocycles. The molecule has 0 bridgehead atoms. The second-order valence-electron chi connectivity index (χ2n) is 5.00. The smallest absolute Gasteiger partial charge is 0.0851 e. The third kappa shape index (κ3) is 3.44. The molecule has 0 saturated carbocycles. The lowest BCUT2D eigenvalue weighted by molar-refractivity contribution is 0.0878. The van der Waals surface area contributed by atoms with Crippen LogP contribution in [0.25, 0.3) is 0 Å². The van der Waals surface area contributed by atoms with Crippen LogP contribution in [0.5, 0.6) is 0 Å². The van der Waals surface area contributed by atoms with Crippen molar-refractivity contribution in [1.82, 2.24) is 9.80 Å². The van der Waals surface area contributed by atoms with Gasteiger partial charge in [-0.3, -0.25) is 0 Å². The molecule has 0 unspecified atom stereocenters. The van der Waals surface area contributed by atoms with E-state index in [0.717, 1.165) is 25.9 Å². The molecule has 15 heavy (non-hydrogen) atoms. The maximum atomic E-state index is 10.7. The van der Waals surface area contributed by atoms with Crippen molar-refractivity contribution in [3.05, 3.63) is 0 Å². The van der Waals surface area contributed by atoms with E-state index < -0.39 is 0 Å². The molecule has 2 aliphatic rings. The lowest BCUT2D eigenvalue weighted by atomic mass is 9.98. The third-order valence-corrected chi connectivity index (χ3v) is 3.87. The Hall–Kier alpha value is -0.120. The number of hydrogen-bond acceptors (Lipinski definition) is 2. The molecular formula is C12H23N2O. The van der Waals surface area contributed by atoms with Gasteiger partial charge in [-0.05, 0) is 57.8 Å². The van der Waals surface area contributed by atoms with Gasteiger partial charge in [0.25, 0.3) is 0 Å². The zero-order valence-electron chi connectivity index (χ0n) is 9.66. The number of piperidine rings is 1. The molecule has 3 heteroatoms. The van der Waals surface area contributed by atoms with E-state index in [4.69, 9.17) is 0 Å². The highest BCUT2D eigenvalue weighted by Gasteiger charge is 2.19. The highest BCUT2D eigenvalue weighted by atomic mass is 16.3. The highest BCUT2D eigenvalue weighted by Crippen LogP contribution is 2.16. The summed E-state index contributed by atoms with van der Waals surface area (Å²) >= 11 is 0. The van der Waals surface area contributed by atoms with Crippen LogP contribution in [0.2, 0.25) is 0 Å². The van der Waals surface area contributed by atoms with Crippen molar-refractivity contribution >= 4 is 0 Å². The molecule has 0 N–H and O–H groups in total. The van der Waals surface area contributed by atoms with E-state index in [1.54, 1.807) is 0 Å². The molecule has 87 valence electrons. The Morgan fingerprint density at radius 2 is 1.40 bits per heavy atom. The van der Waals surface area contributed by atoms with Crippen LogP contribution in [-0.4, -0.2) is 55.7 Å². The summed E-state index contributed by atoms with van der Waals surface area (Å²) in [6.07, 6.45) is 5.03. The average molecular weight is 211 g/mol. The molecule has 0 aliphatic carbocycles. The fourth-order valence-corrected chi connectivity index (χ4v) is 2.67. The first-order valence-corrected chi connectivity index (χ1v) is 6.41. The molecule has 2 fully saturated rings. The van der Waals surface area contributed by atoms with E-state index in [2.05, 4.69) is 9.80 Å². The normalized spacial score (nSPS) is 26.2. The van der Waals surface area contributed by atoms with Crippen molar-refractivity contribution < 1.29 is 5.11 Å². The molecule has 0 spiro atoms. The summed E-state index contributed by atoms with van der Waals surface area (Å²) in [4.78, 5) is 5.10. The summed E-state index contributed by atoms with van der Waals surface area (Å²) in [7, 11) is 0. The van der Waals surface area contributed by atoms with Crippen LogP contribution < -0.4 is 0 Å². The van der Waals surface area contributed by atoms with E-state index in [0.29, 0.717) is 5.92 Å². The summed E-state index contributed by atoms with van der Waals surface area (Å²) in [5.74, 6) is 0.466. The van der Waals surface area contributed by atoms with Crippen LogP contribution in [0.3, 0.4) is 0 Å². The molecule has 3 nitrogen and oxygen atoms in total. The minimum Gasteiger partial charge on any atom is -0.302 e. The molecule has 1 radical (unpaired) electrons. The Morgan fingerprint density at radius 1 is 0.867 bits per heavy atom. The fourth-order valence-electron chi connectivity index (χ4n) is 2.67. The molecule has 0 atom stereocenters. The van der Waals surface area contributed by atoms with Gasteiger partial charge in [-0.15, -0.1) is 0 Å². The van der Waals surface area contributed by atoms with Gasteiger partial charge in [-0.1, -0.05) is 0 Å². The summed E-state index contributed by atoms with van der Waals surface area (Å²) in [6.45, 7) is 7.50. The summed E-state index contributed by atoms with van der Waals surface area (Å²) in [5, 5.41) is 10.7. The van der Waals surface area contributed by atoms with Gasteiger partial charge in [0.15, 0.2) is 0 Å². The summed E-state index contributed by atoms with van der Waals surface area (Å²) in [6, 6.07) is 0. The maximum Gasteiger partial charge on any atom is 0.0851 e. The number of likely N-dealkylation sites (tertiary alicyclic amines) is 2. The van der Waals surface area contributed by atoms with Gasteiger partial charge < -0.3 is 9.80 Å². The zero-order valence-corrected chi connectivity index (χ0v) is 9.66. The largest absolute Gasteiger partial charge is 0.302 e. The second-order valence-corrected chi connectivity index (χ2v) is 5.00. The van der Waals surface area contributed by atoms with E-state index in [1.165, 1.54) is 39.0 Å². The zero-order chi connectivity index (χ0) is 10.5. The first kappa shape index (κ1) is 11.4. The van der Waals surface area contributed by atoms with Crippen molar-refractivity contribution in [2.24, 2.45) is 5.92 Å². The van der Waals surface area contributed by atoms with Gasteiger partial charge in [0.05, 0.1) is 6.61 Å². The Kier molecular flexibility index (Phi) is 4.42. The van der Waals surface area contributed by atoms with E-state index in [9.17, 15) is 5.11 Å². The van der Waals surface area contributed by atoms with Gasteiger partial charge in [-0.25, -0.2) is 5.11 Å². The standard InChI is InChI=1S/C12H23N2O/c15-11-12-3-7-14(8-4-12)10-9-13-5-1-2-6-13/h12H,1-11H2. The Balaban J connectivity index is 1.59. The number of hydrogen-bond donors (Lipinski definition) is 0. The Bertz CT molecular complexity index is 172. The summed E-state index contributed by atoms with van der Waals surface area (Å²) in [5.41, 5.74) is 0. The van der Waals surface area contributed by atoms with Gasteiger partial charge in [-0.2, -0.15) is 0 Å². The van der Waals surface area contributed by atoms with Crippen LogP contribution in [0.1, 0.15) is 25.7 Å². The minimum atomic E-state index is 0.139. The van der Waals surface area contributed by atoms with Crippen LogP contribution in [0, 0.1) is 5.92 Å². The Labute approximate surface area is 93.1 Å². The lowest BCUT2D eigenvalue weighted by Gasteiger charge is -2.31. The minimum absolute atomic E-state index is 0.139. The molecule has 0 amide bonds. The van der Waals surface area contributed by atoms with Crippen molar-refractivity contribution in [3.8, 4) is 0 Å². The molecule has 2 heterocycles. The van der Waals surface area contributed by atoms with Gasteiger partial charge in [0.2, 0.25) is 0 Å². The van der Waals surface area contributed by atoms with Crippen LogP contribution >= 0.6 is 0 Å². The van der Waals surface area contributed by atoms with Gasteiger partial charge >= 0.3 is 0 Å². The van der Waals surface area contributed by atoms with Crippen LogP contribution in [0.4, 0.5) is 0 Å². The highest BCUT2D eigenvalue weighted by molar-refractivity contribution is 4.74. The van der Waals surface area contributed by atoms with E-state index in [1.807, 2.05) is 0 Å². The monoisotopic (exact) mass is 211 g/mol. The third-order valence-electron chi connectivity index (χ3n) is 3.87. The van der Waals surface area contributed by atoms with Crippen LogP contribution in [-0.2, 0) is 5.11 Å². The average Bonchev–Trinajstić information content (AvgIpc) is 2.80. The van der Waals surface area contributed by atoms with Crippen molar-refractivity contribution in [2.75, 3.05) is 45.9 Å². The molecule has 2 saturated heterocycles. The summed E-state index contributed by atoms with van der Waals surface area (Å²) < 4.78 is 0. The van der Waals surface area contributed by atoms with Gasteiger partial charge in [0, 0.05) is 13.1 Å². The van der Waals surface area contributed by atoms with E-state index in [-0.39, 0.29) is 6.61 Å². The topological polar surface area (TPSA) is 26.4 Å². The number of nitrogens with zero attached hydrogens (tertiary/aromatic N) is 2. The Morgan fingerprint density at radius 3 is 1.93 bits per heavy atom. The van der Waals surface area contributed by atoms with Crippen molar-refractivity contribution in [2.45, 2.75) is 25.7 Å². The predicted octanol–water partition coefficient (Wildman–Crippen LogP) is 1.22. The lowest BCUT2D eigenvalue weighted by Crippen LogP contribution is -2.39.